The van der Waals surface area contributed by atoms with Gasteiger partial charge in [0.1, 0.15) is 0 Å². The number of hydrogen-bond acceptors (Lipinski definition) is 3. The summed E-state index contributed by atoms with van der Waals surface area (Å²) < 4.78 is 5.08. The summed E-state index contributed by atoms with van der Waals surface area (Å²) in [5.41, 5.74) is 0.0661. The van der Waals surface area contributed by atoms with Crippen molar-refractivity contribution in [2.75, 3.05) is 6.61 Å². The lowest BCUT2D eigenvalue weighted by Gasteiger charge is -2.05. The molecule has 0 bridgehead atoms. The van der Waals surface area contributed by atoms with Gasteiger partial charge in [-0.15, -0.1) is 0 Å². The highest BCUT2D eigenvalue weighted by Gasteiger charge is 2.21. The molecule has 86 valence electrons. The summed E-state index contributed by atoms with van der Waals surface area (Å²) in [6, 6.07) is 2.78. The lowest BCUT2D eigenvalue weighted by atomic mass is 10.1. The van der Waals surface area contributed by atoms with Crippen LogP contribution in [0.25, 0.3) is 0 Å². The molecule has 0 N–H and O–H groups in total. The minimum absolute atomic E-state index is 0.0661. The first-order chi connectivity index (χ1) is 7.47. The topological polar surface area (TPSA) is 43.4 Å². The van der Waals surface area contributed by atoms with E-state index in [1.165, 1.54) is 12.1 Å². The minimum atomic E-state index is -0.932. The first kappa shape index (κ1) is 13.5. The number of ether oxygens (including phenoxy) is 1. The summed E-state index contributed by atoms with van der Waals surface area (Å²) in [5, 5.41) is 0.483. The molecule has 0 aliphatic carbocycles. The van der Waals surface area contributed by atoms with Gasteiger partial charge in [0.05, 0.1) is 16.7 Å². The van der Waals surface area contributed by atoms with Gasteiger partial charge in [-0.2, -0.15) is 0 Å². The molecule has 0 spiro atoms. The summed E-state index contributed by atoms with van der Waals surface area (Å²) in [4.78, 5) is 22.8. The van der Waals surface area contributed by atoms with Crippen molar-refractivity contribution in [2.24, 2.45) is 0 Å². The summed E-state index contributed by atoms with van der Waals surface area (Å²) in [6.07, 6.45) is 0. The predicted octanol–water partition coefficient (Wildman–Crippen LogP) is 3.50. The number of hydrogen-bond donors (Lipinski definition) is 0. The SMILES string of the molecule is CCOC(=O)C(=O)c1cc(Br)c(Cl)cc1Cl. The summed E-state index contributed by atoms with van der Waals surface area (Å²) >= 11 is 14.7. The number of carbonyl (C=O) groups is 2. The molecule has 0 fully saturated rings. The fourth-order valence-electron chi connectivity index (χ4n) is 1.00. The molecule has 1 aromatic carbocycles. The van der Waals surface area contributed by atoms with Crippen LogP contribution in [0.3, 0.4) is 0 Å². The number of esters is 1. The highest BCUT2D eigenvalue weighted by Crippen LogP contribution is 2.29. The second-order valence-corrected chi connectivity index (χ2v) is 4.46. The van der Waals surface area contributed by atoms with E-state index in [0.29, 0.717) is 9.50 Å². The van der Waals surface area contributed by atoms with Gasteiger partial charge in [-0.25, -0.2) is 4.79 Å². The average molecular weight is 326 g/mol. The van der Waals surface area contributed by atoms with E-state index in [4.69, 9.17) is 23.2 Å². The third kappa shape index (κ3) is 2.97. The molecular weight excluding hydrogens is 319 g/mol. The van der Waals surface area contributed by atoms with E-state index in [0.717, 1.165) is 0 Å². The molecule has 3 nitrogen and oxygen atoms in total. The largest absolute Gasteiger partial charge is 0.460 e. The number of benzene rings is 1. The zero-order chi connectivity index (χ0) is 12.3. The van der Waals surface area contributed by atoms with Crippen molar-refractivity contribution in [3.63, 3.8) is 0 Å². The molecule has 0 aromatic heterocycles. The summed E-state index contributed by atoms with van der Waals surface area (Å²) in [6.45, 7) is 1.75. The molecule has 0 heterocycles. The van der Waals surface area contributed by atoms with Gasteiger partial charge in [0.2, 0.25) is 0 Å². The zero-order valence-electron chi connectivity index (χ0n) is 8.22. The van der Waals surface area contributed by atoms with Crippen molar-refractivity contribution in [2.45, 2.75) is 6.92 Å². The third-order valence-corrected chi connectivity index (χ3v) is 3.23. The minimum Gasteiger partial charge on any atom is -0.460 e. The summed E-state index contributed by atoms with van der Waals surface area (Å²) in [7, 11) is 0. The quantitative estimate of drug-likeness (QED) is 0.370. The molecule has 0 amide bonds. The first-order valence-corrected chi connectivity index (χ1v) is 5.88. The lowest BCUT2D eigenvalue weighted by Crippen LogP contribution is -2.17. The van der Waals surface area contributed by atoms with Crippen molar-refractivity contribution in [1.82, 2.24) is 0 Å². The summed E-state index contributed by atoms with van der Waals surface area (Å²) in [5.74, 6) is -1.72. The molecule has 0 aliphatic heterocycles. The number of halogens is 3. The zero-order valence-corrected chi connectivity index (χ0v) is 11.3. The Hall–Kier alpha value is -0.580. The standard InChI is InChI=1S/C10H7BrCl2O3/c1-2-16-10(15)9(14)5-3-6(11)8(13)4-7(5)12/h3-4H,2H2,1H3. The van der Waals surface area contributed by atoms with Gasteiger partial charge in [-0.1, -0.05) is 23.2 Å². The maximum atomic E-state index is 11.6. The van der Waals surface area contributed by atoms with Crippen LogP contribution in [0.2, 0.25) is 10.0 Å². The number of carbonyl (C=O) groups excluding carboxylic acids is 2. The van der Waals surface area contributed by atoms with Crippen LogP contribution in [0.5, 0.6) is 0 Å². The van der Waals surface area contributed by atoms with E-state index in [1.54, 1.807) is 6.92 Å². The molecule has 0 radical (unpaired) electrons. The van der Waals surface area contributed by atoms with E-state index in [9.17, 15) is 9.59 Å². The molecular formula is C10H7BrCl2O3. The van der Waals surface area contributed by atoms with Crippen molar-refractivity contribution in [3.05, 3.63) is 32.2 Å². The molecule has 0 saturated heterocycles. The molecule has 0 atom stereocenters. The Morgan fingerprint density at radius 1 is 1.31 bits per heavy atom. The van der Waals surface area contributed by atoms with Crippen LogP contribution in [-0.4, -0.2) is 18.4 Å². The van der Waals surface area contributed by atoms with Gasteiger partial charge in [0.25, 0.3) is 5.78 Å². The normalized spacial score (nSPS) is 10.0. The number of Topliss-reactive ketones (excluding diaryl/α,β-unsaturated/α-hetero) is 1. The molecule has 16 heavy (non-hydrogen) atoms. The van der Waals surface area contributed by atoms with E-state index >= 15 is 0 Å². The van der Waals surface area contributed by atoms with Crippen LogP contribution in [0.1, 0.15) is 17.3 Å². The van der Waals surface area contributed by atoms with Gasteiger partial charge in [0, 0.05) is 10.0 Å². The predicted molar refractivity (Wildman–Crippen MR) is 65.1 cm³/mol. The van der Waals surface area contributed by atoms with Crippen LogP contribution >= 0.6 is 39.1 Å². The van der Waals surface area contributed by atoms with Gasteiger partial charge in [-0.3, -0.25) is 4.79 Å². The fourth-order valence-corrected chi connectivity index (χ4v) is 1.82. The van der Waals surface area contributed by atoms with E-state index < -0.39 is 11.8 Å². The van der Waals surface area contributed by atoms with Gasteiger partial charge >= 0.3 is 5.97 Å². The van der Waals surface area contributed by atoms with Crippen LogP contribution in [-0.2, 0) is 9.53 Å². The molecule has 0 aliphatic rings. The van der Waals surface area contributed by atoms with E-state index in [-0.39, 0.29) is 17.2 Å². The Labute approximate surface area is 111 Å². The lowest BCUT2D eigenvalue weighted by molar-refractivity contribution is -0.137. The van der Waals surface area contributed by atoms with Crippen molar-refractivity contribution < 1.29 is 14.3 Å². The van der Waals surface area contributed by atoms with Crippen molar-refractivity contribution >= 4 is 50.9 Å². The second-order valence-electron chi connectivity index (χ2n) is 2.80. The second kappa shape index (κ2) is 5.66. The highest BCUT2D eigenvalue weighted by molar-refractivity contribution is 9.10. The Kier molecular flexibility index (Phi) is 4.77. The highest BCUT2D eigenvalue weighted by atomic mass is 79.9. The van der Waals surface area contributed by atoms with Crippen LogP contribution in [0.4, 0.5) is 0 Å². The first-order valence-electron chi connectivity index (χ1n) is 4.33. The van der Waals surface area contributed by atoms with Crippen molar-refractivity contribution in [1.29, 1.82) is 0 Å². The van der Waals surface area contributed by atoms with Gasteiger partial charge < -0.3 is 4.74 Å². The smallest absolute Gasteiger partial charge is 0.379 e. The van der Waals surface area contributed by atoms with Gasteiger partial charge in [-0.05, 0) is 35.0 Å². The van der Waals surface area contributed by atoms with E-state index in [1.807, 2.05) is 0 Å². The average Bonchev–Trinajstić information content (AvgIpc) is 2.23. The van der Waals surface area contributed by atoms with Crippen LogP contribution < -0.4 is 0 Å². The third-order valence-electron chi connectivity index (χ3n) is 1.72. The van der Waals surface area contributed by atoms with Crippen LogP contribution in [0, 0.1) is 0 Å². The molecule has 0 saturated carbocycles. The van der Waals surface area contributed by atoms with E-state index in [2.05, 4.69) is 20.7 Å². The van der Waals surface area contributed by atoms with Crippen molar-refractivity contribution in [3.8, 4) is 0 Å². The maximum absolute atomic E-state index is 11.6. The number of ketones is 1. The van der Waals surface area contributed by atoms with Gasteiger partial charge in [0.15, 0.2) is 0 Å². The Morgan fingerprint density at radius 3 is 2.50 bits per heavy atom. The Balaban J connectivity index is 3.09. The molecule has 1 aromatic rings. The Morgan fingerprint density at radius 2 is 1.94 bits per heavy atom. The Bertz CT molecular complexity index is 446. The molecule has 6 heteroatoms. The van der Waals surface area contributed by atoms with Crippen LogP contribution in [0.15, 0.2) is 16.6 Å². The monoisotopic (exact) mass is 324 g/mol. The molecule has 0 unspecified atom stereocenters. The maximum Gasteiger partial charge on any atom is 0.379 e. The fraction of sp³-hybridized carbons (Fsp3) is 0.200. The number of rotatable bonds is 3. The molecule has 1 rings (SSSR count).